The van der Waals surface area contributed by atoms with Crippen molar-refractivity contribution in [1.29, 1.82) is 0 Å². The predicted molar refractivity (Wildman–Crippen MR) is 103 cm³/mol. The van der Waals surface area contributed by atoms with Crippen LogP contribution in [0.5, 0.6) is 5.75 Å². The zero-order valence-electron chi connectivity index (χ0n) is 15.2. The van der Waals surface area contributed by atoms with Crippen LogP contribution in [0.25, 0.3) is 22.2 Å². The highest BCUT2D eigenvalue weighted by Crippen LogP contribution is 2.41. The first kappa shape index (κ1) is 15.9. The number of benzene rings is 2. The molecule has 1 aliphatic carbocycles. The van der Waals surface area contributed by atoms with Crippen molar-refractivity contribution in [3.63, 3.8) is 0 Å². The Hall–Kier alpha value is -2.55. The lowest BCUT2D eigenvalue weighted by Gasteiger charge is -2.17. The second-order valence-corrected chi connectivity index (χ2v) is 6.99. The third-order valence-corrected chi connectivity index (χ3v) is 5.33. The lowest BCUT2D eigenvalue weighted by Crippen LogP contribution is -2.15. The van der Waals surface area contributed by atoms with Crippen molar-refractivity contribution in [2.45, 2.75) is 39.7 Å². The van der Waals surface area contributed by atoms with Crippen molar-refractivity contribution in [2.24, 2.45) is 0 Å². The molecule has 1 aromatic heterocycles. The number of hydrogen-bond donors (Lipinski definition) is 0. The van der Waals surface area contributed by atoms with E-state index in [-0.39, 0.29) is 5.43 Å². The number of aromatic nitrogens is 1. The Kier molecular flexibility index (Phi) is 3.68. The van der Waals surface area contributed by atoms with Gasteiger partial charge in [-0.15, -0.1) is 0 Å². The van der Waals surface area contributed by atoms with Crippen molar-refractivity contribution < 1.29 is 4.74 Å². The third kappa shape index (κ3) is 2.22. The van der Waals surface area contributed by atoms with Gasteiger partial charge in [0, 0.05) is 35.0 Å². The summed E-state index contributed by atoms with van der Waals surface area (Å²) in [6, 6.07) is 12.4. The van der Waals surface area contributed by atoms with Gasteiger partial charge in [-0.2, -0.15) is 0 Å². The van der Waals surface area contributed by atoms with E-state index in [2.05, 4.69) is 43.5 Å². The zero-order chi connectivity index (χ0) is 17.7. The smallest absolute Gasteiger partial charge is 0.193 e. The number of fused-ring (bicyclic) bond motifs is 4. The highest BCUT2D eigenvalue weighted by molar-refractivity contribution is 5.88. The standard InChI is InChI=1S/C22H23NO2/c1-5-23-19-11-14(13(2)3)9-10-16(19)22(24)18-12-17-15(21(18)23)7-6-8-20(17)25-4/h6-11,13H,5,12H2,1-4H3. The molecule has 0 bridgehead atoms. The van der Waals surface area contributed by atoms with E-state index < -0.39 is 0 Å². The van der Waals surface area contributed by atoms with Gasteiger partial charge in [0.1, 0.15) is 5.75 Å². The van der Waals surface area contributed by atoms with Gasteiger partial charge in [-0.25, -0.2) is 0 Å². The fraction of sp³-hybridized carbons (Fsp3) is 0.318. The topological polar surface area (TPSA) is 31.2 Å². The fourth-order valence-electron chi connectivity index (χ4n) is 4.01. The molecule has 3 heteroatoms. The molecule has 0 radical (unpaired) electrons. The molecule has 25 heavy (non-hydrogen) atoms. The number of rotatable bonds is 3. The summed E-state index contributed by atoms with van der Waals surface area (Å²) in [6.07, 6.45) is 0.648. The number of hydrogen-bond acceptors (Lipinski definition) is 2. The highest BCUT2D eigenvalue weighted by Gasteiger charge is 2.28. The quantitative estimate of drug-likeness (QED) is 0.543. The van der Waals surface area contributed by atoms with E-state index in [1.807, 2.05) is 18.2 Å². The first-order valence-electron chi connectivity index (χ1n) is 8.92. The van der Waals surface area contributed by atoms with Crippen LogP contribution in [0, 0.1) is 0 Å². The van der Waals surface area contributed by atoms with Crippen molar-refractivity contribution in [2.75, 3.05) is 7.11 Å². The summed E-state index contributed by atoms with van der Waals surface area (Å²) in [5.41, 5.74) is 6.67. The van der Waals surface area contributed by atoms with Crippen molar-refractivity contribution in [3.05, 3.63) is 63.3 Å². The highest BCUT2D eigenvalue weighted by atomic mass is 16.5. The molecule has 2 aromatic carbocycles. The molecular weight excluding hydrogens is 310 g/mol. The van der Waals surface area contributed by atoms with Gasteiger partial charge < -0.3 is 9.30 Å². The fourth-order valence-corrected chi connectivity index (χ4v) is 4.01. The Bertz CT molecular complexity index is 1040. The number of methoxy groups -OCH3 is 1. The van der Waals surface area contributed by atoms with E-state index in [1.54, 1.807) is 7.11 Å². The minimum atomic E-state index is 0.156. The Morgan fingerprint density at radius 1 is 1.16 bits per heavy atom. The molecule has 0 saturated carbocycles. The average molecular weight is 333 g/mol. The molecule has 0 spiro atoms. The van der Waals surface area contributed by atoms with Crippen molar-refractivity contribution in [1.82, 2.24) is 4.57 Å². The Morgan fingerprint density at radius 2 is 1.96 bits per heavy atom. The molecule has 1 aliphatic rings. The van der Waals surface area contributed by atoms with Crippen LogP contribution in [-0.4, -0.2) is 11.7 Å². The van der Waals surface area contributed by atoms with Crippen LogP contribution >= 0.6 is 0 Å². The molecule has 1 heterocycles. The lowest BCUT2D eigenvalue weighted by molar-refractivity contribution is 0.411. The Morgan fingerprint density at radius 3 is 2.64 bits per heavy atom. The van der Waals surface area contributed by atoms with Crippen LogP contribution in [0.1, 0.15) is 43.4 Å². The minimum Gasteiger partial charge on any atom is -0.496 e. The second-order valence-electron chi connectivity index (χ2n) is 6.99. The summed E-state index contributed by atoms with van der Waals surface area (Å²) in [5.74, 6) is 1.30. The monoisotopic (exact) mass is 333 g/mol. The van der Waals surface area contributed by atoms with Crippen LogP contribution in [0.15, 0.2) is 41.2 Å². The largest absolute Gasteiger partial charge is 0.496 e. The third-order valence-electron chi connectivity index (χ3n) is 5.33. The van der Waals surface area contributed by atoms with Crippen molar-refractivity contribution in [3.8, 4) is 17.0 Å². The van der Waals surface area contributed by atoms with Crippen LogP contribution < -0.4 is 10.2 Å². The molecule has 3 nitrogen and oxygen atoms in total. The minimum absolute atomic E-state index is 0.156. The van der Waals surface area contributed by atoms with Crippen molar-refractivity contribution >= 4 is 10.9 Å². The molecule has 0 unspecified atom stereocenters. The molecule has 0 aliphatic heterocycles. The van der Waals surface area contributed by atoms with Gasteiger partial charge in [-0.3, -0.25) is 4.79 Å². The van der Waals surface area contributed by atoms with Crippen LogP contribution in [-0.2, 0) is 13.0 Å². The zero-order valence-corrected chi connectivity index (χ0v) is 15.2. The number of nitrogens with zero attached hydrogens (tertiary/aromatic N) is 1. The normalized spacial score (nSPS) is 12.5. The molecule has 4 rings (SSSR count). The molecular formula is C22H23NO2. The van der Waals surface area contributed by atoms with E-state index in [4.69, 9.17) is 4.74 Å². The van der Waals surface area contributed by atoms with Gasteiger partial charge in [0.2, 0.25) is 0 Å². The van der Waals surface area contributed by atoms with Crippen LogP contribution in [0.2, 0.25) is 0 Å². The molecule has 0 N–H and O–H groups in total. The average Bonchev–Trinajstić information content (AvgIpc) is 3.01. The number of ether oxygens (including phenoxy) is 1. The van der Waals surface area contributed by atoms with E-state index >= 15 is 0 Å². The Labute approximate surface area is 147 Å². The van der Waals surface area contributed by atoms with E-state index in [1.165, 1.54) is 5.56 Å². The number of pyridine rings is 1. The first-order chi connectivity index (χ1) is 12.1. The maximum atomic E-state index is 13.2. The van der Waals surface area contributed by atoms with Crippen LogP contribution in [0.4, 0.5) is 0 Å². The summed E-state index contributed by atoms with van der Waals surface area (Å²) < 4.78 is 7.83. The Balaban J connectivity index is 2.12. The lowest BCUT2D eigenvalue weighted by atomic mass is 9.99. The maximum absolute atomic E-state index is 13.2. The first-order valence-corrected chi connectivity index (χ1v) is 8.92. The van der Waals surface area contributed by atoms with E-state index in [0.29, 0.717) is 12.3 Å². The van der Waals surface area contributed by atoms with Crippen LogP contribution in [0.3, 0.4) is 0 Å². The van der Waals surface area contributed by atoms with Gasteiger partial charge in [-0.05, 0) is 36.6 Å². The summed E-state index contributed by atoms with van der Waals surface area (Å²) in [6.45, 7) is 7.34. The molecule has 0 amide bonds. The maximum Gasteiger partial charge on any atom is 0.193 e. The van der Waals surface area contributed by atoms with E-state index in [9.17, 15) is 4.79 Å². The molecule has 0 saturated heterocycles. The van der Waals surface area contributed by atoms with Gasteiger partial charge in [0.05, 0.1) is 18.3 Å². The van der Waals surface area contributed by atoms with Gasteiger partial charge >= 0.3 is 0 Å². The van der Waals surface area contributed by atoms with Gasteiger partial charge in [0.15, 0.2) is 5.43 Å². The SMILES string of the molecule is CCn1c2c(c(=O)c3ccc(C(C)C)cc31)Cc1c(OC)cccc1-2. The van der Waals surface area contributed by atoms with E-state index in [0.717, 1.165) is 45.6 Å². The second kappa shape index (κ2) is 5.76. The summed E-state index contributed by atoms with van der Waals surface area (Å²) in [7, 11) is 1.69. The number of aryl methyl sites for hydroxylation is 1. The molecule has 0 atom stereocenters. The summed E-state index contributed by atoms with van der Waals surface area (Å²) in [5, 5.41) is 0.816. The summed E-state index contributed by atoms with van der Waals surface area (Å²) >= 11 is 0. The predicted octanol–water partition coefficient (Wildman–Crippen LogP) is 4.72. The van der Waals surface area contributed by atoms with Gasteiger partial charge in [0.25, 0.3) is 0 Å². The van der Waals surface area contributed by atoms with Gasteiger partial charge in [-0.1, -0.05) is 32.0 Å². The molecule has 128 valence electrons. The summed E-state index contributed by atoms with van der Waals surface area (Å²) in [4.78, 5) is 13.2. The molecule has 0 fully saturated rings. The molecule has 3 aromatic rings.